The molecule has 0 saturated heterocycles. The molecule has 0 N–H and O–H groups in total. The number of carbonyl (C=O) groups is 3. The van der Waals surface area contributed by atoms with Gasteiger partial charge >= 0.3 is 17.9 Å². The van der Waals surface area contributed by atoms with Crippen molar-refractivity contribution in [1.29, 1.82) is 0 Å². The topological polar surface area (TPSA) is 78.9 Å². The van der Waals surface area contributed by atoms with Crippen LogP contribution in [0.3, 0.4) is 0 Å². The zero-order valence-corrected chi connectivity index (χ0v) is 40.0. The van der Waals surface area contributed by atoms with Crippen LogP contribution in [0.4, 0.5) is 0 Å². The van der Waals surface area contributed by atoms with E-state index in [-0.39, 0.29) is 31.1 Å². The van der Waals surface area contributed by atoms with E-state index in [1.54, 1.807) is 0 Å². The molecule has 6 nitrogen and oxygen atoms in total. The summed E-state index contributed by atoms with van der Waals surface area (Å²) in [5.74, 6) is -0.878. The number of rotatable bonds is 47. The maximum absolute atomic E-state index is 12.8. The van der Waals surface area contributed by atoms with Crippen LogP contribution in [-0.4, -0.2) is 37.2 Å². The third-order valence-corrected chi connectivity index (χ3v) is 11.4. The van der Waals surface area contributed by atoms with Gasteiger partial charge in [0, 0.05) is 19.3 Å². The third-order valence-electron chi connectivity index (χ3n) is 11.4. The van der Waals surface area contributed by atoms with Crippen molar-refractivity contribution < 1.29 is 28.6 Å². The third kappa shape index (κ3) is 46.7. The quantitative estimate of drug-likeness (QED) is 0.0263. The molecule has 0 radical (unpaired) electrons. The van der Waals surface area contributed by atoms with Crippen molar-refractivity contribution in [3.05, 3.63) is 36.5 Å². The van der Waals surface area contributed by atoms with E-state index in [1.165, 1.54) is 135 Å². The predicted octanol–water partition coefficient (Wildman–Crippen LogP) is 16.9. The fourth-order valence-electron chi connectivity index (χ4n) is 7.52. The first-order chi connectivity index (χ1) is 29.5. The Kier molecular flexibility index (Phi) is 47.3. The van der Waals surface area contributed by atoms with Gasteiger partial charge < -0.3 is 14.2 Å². The Morgan fingerprint density at radius 2 is 0.650 bits per heavy atom. The molecule has 0 aliphatic carbocycles. The Morgan fingerprint density at radius 1 is 0.350 bits per heavy atom. The van der Waals surface area contributed by atoms with E-state index in [9.17, 15) is 14.4 Å². The van der Waals surface area contributed by atoms with Crippen LogP contribution in [0.5, 0.6) is 0 Å². The van der Waals surface area contributed by atoms with E-state index in [0.29, 0.717) is 19.3 Å². The molecule has 6 heteroatoms. The van der Waals surface area contributed by atoms with Crippen LogP contribution in [0.1, 0.15) is 271 Å². The first-order valence-electron chi connectivity index (χ1n) is 26.0. The molecule has 0 heterocycles. The summed E-state index contributed by atoms with van der Waals surface area (Å²) in [7, 11) is 0. The molecule has 0 rings (SSSR count). The summed E-state index contributed by atoms with van der Waals surface area (Å²) >= 11 is 0. The van der Waals surface area contributed by atoms with E-state index in [4.69, 9.17) is 14.2 Å². The lowest BCUT2D eigenvalue weighted by Gasteiger charge is -2.18. The van der Waals surface area contributed by atoms with Gasteiger partial charge in [-0.25, -0.2) is 0 Å². The molecule has 0 fully saturated rings. The van der Waals surface area contributed by atoms with E-state index < -0.39 is 6.10 Å². The smallest absolute Gasteiger partial charge is 0.306 e. The average Bonchev–Trinajstić information content (AvgIpc) is 3.24. The molecule has 0 aromatic heterocycles. The van der Waals surface area contributed by atoms with E-state index in [1.807, 2.05) is 0 Å². The van der Waals surface area contributed by atoms with Gasteiger partial charge in [0.05, 0.1) is 0 Å². The number of hydrogen-bond donors (Lipinski definition) is 0. The lowest BCUT2D eigenvalue weighted by Crippen LogP contribution is -2.30. The molecule has 350 valence electrons. The average molecular weight is 843 g/mol. The molecule has 0 aromatic rings. The Morgan fingerprint density at radius 3 is 1.02 bits per heavy atom. The second-order valence-electron chi connectivity index (χ2n) is 17.4. The van der Waals surface area contributed by atoms with Gasteiger partial charge in [-0.05, 0) is 51.4 Å². The zero-order valence-electron chi connectivity index (χ0n) is 40.0. The second-order valence-corrected chi connectivity index (χ2v) is 17.4. The Balaban J connectivity index is 4.37. The highest BCUT2D eigenvalue weighted by Gasteiger charge is 2.19. The molecule has 0 aromatic carbocycles. The number of ether oxygens (including phenoxy) is 3. The number of allylic oxidation sites excluding steroid dienone is 6. The highest BCUT2D eigenvalue weighted by molar-refractivity contribution is 5.71. The van der Waals surface area contributed by atoms with Gasteiger partial charge in [-0.2, -0.15) is 0 Å². The van der Waals surface area contributed by atoms with Crippen LogP contribution in [0, 0.1) is 0 Å². The highest BCUT2D eigenvalue weighted by atomic mass is 16.6. The van der Waals surface area contributed by atoms with Crippen LogP contribution >= 0.6 is 0 Å². The van der Waals surface area contributed by atoms with Gasteiger partial charge in [0.1, 0.15) is 13.2 Å². The van der Waals surface area contributed by atoms with Gasteiger partial charge in [-0.15, -0.1) is 0 Å². The van der Waals surface area contributed by atoms with Crippen molar-refractivity contribution in [2.75, 3.05) is 13.2 Å². The fourth-order valence-corrected chi connectivity index (χ4v) is 7.52. The molecule has 0 spiro atoms. The van der Waals surface area contributed by atoms with Crippen molar-refractivity contribution in [3.63, 3.8) is 0 Å². The minimum Gasteiger partial charge on any atom is -0.462 e. The summed E-state index contributed by atoms with van der Waals surface area (Å²) in [5.41, 5.74) is 0. The first kappa shape index (κ1) is 57.6. The molecule has 0 amide bonds. The fraction of sp³-hybridized carbons (Fsp3) is 0.833. The van der Waals surface area contributed by atoms with Gasteiger partial charge in [0.15, 0.2) is 6.10 Å². The van der Waals surface area contributed by atoms with Crippen molar-refractivity contribution in [1.82, 2.24) is 0 Å². The second kappa shape index (κ2) is 49.3. The summed E-state index contributed by atoms with van der Waals surface area (Å²) in [4.78, 5) is 38.0. The van der Waals surface area contributed by atoms with Crippen molar-refractivity contribution in [2.24, 2.45) is 0 Å². The summed E-state index contributed by atoms with van der Waals surface area (Å²) in [6, 6.07) is 0. The lowest BCUT2D eigenvalue weighted by atomic mass is 10.0. The molecule has 0 aliphatic heterocycles. The van der Waals surface area contributed by atoms with Crippen molar-refractivity contribution in [2.45, 2.75) is 277 Å². The van der Waals surface area contributed by atoms with Crippen LogP contribution in [0.2, 0.25) is 0 Å². The Labute approximate surface area is 372 Å². The molecule has 1 atom stereocenters. The monoisotopic (exact) mass is 843 g/mol. The maximum atomic E-state index is 12.8. The normalized spacial score (nSPS) is 12.2. The number of unbranched alkanes of at least 4 members (excludes halogenated alkanes) is 30. The molecular weight excluding hydrogens is 745 g/mol. The van der Waals surface area contributed by atoms with Gasteiger partial charge in [-0.1, -0.05) is 237 Å². The standard InChI is InChI=1S/C54H98O6/c1-4-7-10-13-16-19-22-25-27-30-32-35-38-41-44-47-53(56)59-50-51(49-58-52(55)46-43-40-37-34-31-28-24-21-18-15-12-9-6-3)60-54(57)48-45-42-39-36-33-29-26-23-20-17-14-11-8-5-2/h7,10,16,19,25,27,51H,4-6,8-9,11-15,17-18,20-24,26,28-50H2,1-3H3/b10-7-,19-16-,27-25-. The van der Waals surface area contributed by atoms with Crippen molar-refractivity contribution >= 4 is 17.9 Å². The zero-order chi connectivity index (χ0) is 43.7. The molecule has 60 heavy (non-hydrogen) atoms. The Bertz CT molecular complexity index is 1020. The Hall–Kier alpha value is -2.37. The van der Waals surface area contributed by atoms with Gasteiger partial charge in [0.25, 0.3) is 0 Å². The van der Waals surface area contributed by atoms with Gasteiger partial charge in [0.2, 0.25) is 0 Å². The summed E-state index contributed by atoms with van der Waals surface area (Å²) in [6.45, 7) is 6.54. The SMILES string of the molecule is CC/C=C\C/C=C\C/C=C\CCCCCCCC(=O)OCC(COC(=O)CCCCCCCCCCCCCCC)OC(=O)CCCCCCCCCCCCCCCC. The van der Waals surface area contributed by atoms with E-state index >= 15 is 0 Å². The maximum Gasteiger partial charge on any atom is 0.306 e. The first-order valence-corrected chi connectivity index (χ1v) is 26.0. The molecule has 0 bridgehead atoms. The van der Waals surface area contributed by atoms with E-state index in [0.717, 1.165) is 96.3 Å². The van der Waals surface area contributed by atoms with Crippen LogP contribution in [-0.2, 0) is 28.6 Å². The summed E-state index contributed by atoms with van der Waals surface area (Å²) < 4.78 is 16.8. The lowest BCUT2D eigenvalue weighted by molar-refractivity contribution is -0.167. The van der Waals surface area contributed by atoms with Crippen LogP contribution in [0.25, 0.3) is 0 Å². The van der Waals surface area contributed by atoms with Crippen LogP contribution in [0.15, 0.2) is 36.5 Å². The van der Waals surface area contributed by atoms with Crippen molar-refractivity contribution in [3.8, 4) is 0 Å². The minimum absolute atomic E-state index is 0.0733. The molecule has 0 saturated carbocycles. The molecule has 1 unspecified atom stereocenters. The minimum atomic E-state index is -0.773. The van der Waals surface area contributed by atoms with E-state index in [2.05, 4.69) is 57.2 Å². The number of hydrogen-bond acceptors (Lipinski definition) is 6. The summed E-state index contributed by atoms with van der Waals surface area (Å²) in [5, 5.41) is 0. The van der Waals surface area contributed by atoms with Crippen LogP contribution < -0.4 is 0 Å². The number of carbonyl (C=O) groups excluding carboxylic acids is 3. The predicted molar refractivity (Wildman–Crippen MR) is 256 cm³/mol. The van der Waals surface area contributed by atoms with Gasteiger partial charge in [-0.3, -0.25) is 14.4 Å². The molecule has 0 aliphatic rings. The molecular formula is C54H98O6. The summed E-state index contributed by atoms with van der Waals surface area (Å²) in [6.07, 6.45) is 56.9. The highest BCUT2D eigenvalue weighted by Crippen LogP contribution is 2.16. The number of esters is 3. The largest absolute Gasteiger partial charge is 0.462 e.